The maximum absolute atomic E-state index is 6.00. The van der Waals surface area contributed by atoms with E-state index in [9.17, 15) is 0 Å². The average molecular weight is 116 g/mol. The number of rotatable bonds is 0. The first-order chi connectivity index (χ1) is 1.00. The summed E-state index contributed by atoms with van der Waals surface area (Å²) in [6.45, 7) is 0. The Labute approximate surface area is 96.9 Å². The Balaban J connectivity index is -0.00000000500. The van der Waals surface area contributed by atoms with Gasteiger partial charge in [-0.2, -0.15) is 0 Å². The normalized spacial score (nSPS) is 1.50. The van der Waals surface area contributed by atoms with E-state index >= 15 is 0 Å². The van der Waals surface area contributed by atoms with Gasteiger partial charge in [0.05, 0.1) is 0 Å². The van der Waals surface area contributed by atoms with Gasteiger partial charge in [-0.3, -0.25) is 10.5 Å². The first kappa shape index (κ1) is 15.8. The van der Waals surface area contributed by atoms with Crippen LogP contribution in [0.5, 0.6) is 0 Å². The summed E-state index contributed by atoms with van der Waals surface area (Å²) in [6, 6.07) is 0. The third-order valence-corrected chi connectivity index (χ3v) is 0. The van der Waals surface area contributed by atoms with Crippen molar-refractivity contribution in [2.75, 3.05) is 0 Å². The molecule has 0 saturated heterocycles. The van der Waals surface area contributed by atoms with E-state index in [1.54, 1.807) is 0 Å². The van der Waals surface area contributed by atoms with Crippen molar-refractivity contribution in [3.05, 3.63) is 0 Å². The molecule has 0 saturated carbocycles. The second-order valence-electron chi connectivity index (χ2n) is 0. The van der Waals surface area contributed by atoms with E-state index in [1.807, 2.05) is 0 Å². The minimum atomic E-state index is 0. The van der Waals surface area contributed by atoms with Gasteiger partial charge in [0.1, 0.15) is 0 Å². The number of hydrogen-bond acceptors (Lipinski definition) is 2. The molecular formula is H5CaKO2. The van der Waals surface area contributed by atoms with Gasteiger partial charge in [-0.25, -0.2) is 0 Å². The molecule has 0 aliphatic rings. The van der Waals surface area contributed by atoms with Crippen LogP contribution in [-0.4, -0.2) is 99.6 Å². The Morgan fingerprint density at radius 2 is 1.00 bits per heavy atom. The average Bonchev–Trinajstić information content (AvgIpc) is 1.00. The molecule has 0 unspecified atom stereocenters. The van der Waals surface area contributed by atoms with Crippen LogP contribution in [-0.2, 0) is 0 Å². The van der Waals surface area contributed by atoms with Crippen LogP contribution in [0.15, 0.2) is 0 Å². The Bertz CT molecular complexity index is 6.00. The first-order valence-corrected chi connectivity index (χ1v) is 0.200. The third-order valence-electron chi connectivity index (χ3n) is 0. The molecule has 0 heterocycles. The van der Waals surface area contributed by atoms with Crippen LogP contribution in [0, 0.1) is 0 Å². The zero-order valence-corrected chi connectivity index (χ0v) is 0.894. The fraction of sp³-hybridized carbons (Fsp3) is 0. The molecule has 0 aliphatic heterocycles. The predicted molar refractivity (Wildman–Crippen MR) is 21.0 cm³/mol. The van der Waals surface area contributed by atoms with Crippen LogP contribution < -0.4 is 0 Å². The fourth-order valence-corrected chi connectivity index (χ4v) is 0. The summed E-state index contributed by atoms with van der Waals surface area (Å²) in [5.74, 6) is 0. The van der Waals surface area contributed by atoms with Gasteiger partial charge in [0.2, 0.25) is 0 Å². The van der Waals surface area contributed by atoms with Crippen LogP contribution >= 0.6 is 0 Å². The standard InChI is InChI=1S/Ca.K.H2O2.3H/c;;1-2;;;/h;;1-2H;;;. The van der Waals surface area contributed by atoms with E-state index in [4.69, 9.17) is 10.5 Å². The summed E-state index contributed by atoms with van der Waals surface area (Å²) >= 11 is 0. The van der Waals surface area contributed by atoms with Crippen molar-refractivity contribution in [2.24, 2.45) is 0 Å². The van der Waals surface area contributed by atoms with Crippen LogP contribution in [0.2, 0.25) is 0 Å². The zero-order chi connectivity index (χ0) is 2.00. The third kappa shape index (κ3) is 8.84. The van der Waals surface area contributed by atoms with E-state index in [1.165, 1.54) is 0 Å². The van der Waals surface area contributed by atoms with Crippen LogP contribution in [0.3, 0.4) is 0 Å². The summed E-state index contributed by atoms with van der Waals surface area (Å²) in [4.78, 5) is 0. The Hall–Kier alpha value is 2.82. The molecule has 0 atom stereocenters. The molecule has 0 rings (SSSR count). The molecule has 0 aromatic carbocycles. The molecule has 0 aliphatic carbocycles. The van der Waals surface area contributed by atoms with E-state index in [2.05, 4.69) is 0 Å². The fourth-order valence-electron chi connectivity index (χ4n) is 0. The molecule has 0 radical (unpaired) electrons. The summed E-state index contributed by atoms with van der Waals surface area (Å²) in [6.07, 6.45) is 0. The molecule has 4 heteroatoms. The van der Waals surface area contributed by atoms with Crippen LogP contribution in [0.1, 0.15) is 0 Å². The molecule has 4 heavy (non-hydrogen) atoms. The van der Waals surface area contributed by atoms with Crippen LogP contribution in [0.25, 0.3) is 0 Å². The second kappa shape index (κ2) is 17.0. The molecule has 2 N–H and O–H groups in total. The van der Waals surface area contributed by atoms with Crippen molar-refractivity contribution in [2.45, 2.75) is 0 Å². The van der Waals surface area contributed by atoms with E-state index in [0.29, 0.717) is 0 Å². The van der Waals surface area contributed by atoms with Gasteiger partial charge in [-0.15, -0.1) is 0 Å². The Morgan fingerprint density at radius 3 is 1.00 bits per heavy atom. The number of hydrogen-bond donors (Lipinski definition) is 2. The van der Waals surface area contributed by atoms with Crippen molar-refractivity contribution in [3.63, 3.8) is 0 Å². The van der Waals surface area contributed by atoms with Gasteiger partial charge < -0.3 is 0 Å². The van der Waals surface area contributed by atoms with Crippen LogP contribution in [0.4, 0.5) is 0 Å². The predicted octanol–water partition coefficient (Wildman–Crippen LogP) is -1.55. The second-order valence-corrected chi connectivity index (χ2v) is 0. The van der Waals surface area contributed by atoms with Crippen molar-refractivity contribution >= 4 is 89.1 Å². The van der Waals surface area contributed by atoms with Gasteiger partial charge in [0.25, 0.3) is 0 Å². The molecule has 0 aromatic rings. The Kier molecular flexibility index (Phi) is 67.3. The summed E-state index contributed by atoms with van der Waals surface area (Å²) < 4.78 is 0. The van der Waals surface area contributed by atoms with Crippen molar-refractivity contribution in [1.29, 1.82) is 0 Å². The molecule has 0 spiro atoms. The quantitative estimate of drug-likeness (QED) is 0.229. The molecule has 0 fully saturated rings. The first-order valence-electron chi connectivity index (χ1n) is 0.200. The SMILES string of the molecule is OO.[CaH2].[KH]. The maximum atomic E-state index is 6.00. The summed E-state index contributed by atoms with van der Waals surface area (Å²) in [5.41, 5.74) is 0. The molecule has 0 amide bonds. The van der Waals surface area contributed by atoms with Gasteiger partial charge in [-0.1, -0.05) is 0 Å². The molecular weight excluding hydrogens is 111 g/mol. The van der Waals surface area contributed by atoms with E-state index in [0.717, 1.165) is 0 Å². The summed E-state index contributed by atoms with van der Waals surface area (Å²) in [7, 11) is 0. The van der Waals surface area contributed by atoms with Crippen molar-refractivity contribution in [3.8, 4) is 0 Å². The van der Waals surface area contributed by atoms with Gasteiger partial charge in [0, 0.05) is 0 Å². The Morgan fingerprint density at radius 1 is 1.00 bits per heavy atom. The zero-order valence-electron chi connectivity index (χ0n) is 0.894. The monoisotopic (exact) mass is 116 g/mol. The van der Waals surface area contributed by atoms with Gasteiger partial charge in [-0.05, 0) is 0 Å². The topological polar surface area (TPSA) is 40.5 Å². The molecule has 0 aromatic heterocycles. The van der Waals surface area contributed by atoms with E-state index in [-0.39, 0.29) is 89.1 Å². The molecule has 0 bridgehead atoms. The van der Waals surface area contributed by atoms with Crippen molar-refractivity contribution in [1.82, 2.24) is 0 Å². The summed E-state index contributed by atoms with van der Waals surface area (Å²) in [5, 5.41) is 12.0. The van der Waals surface area contributed by atoms with Crippen molar-refractivity contribution < 1.29 is 10.5 Å². The minimum absolute atomic E-state index is 0. The van der Waals surface area contributed by atoms with Gasteiger partial charge >= 0.3 is 89.1 Å². The van der Waals surface area contributed by atoms with E-state index < -0.39 is 0 Å². The molecule has 20 valence electrons. The van der Waals surface area contributed by atoms with Gasteiger partial charge in [0.15, 0.2) is 0 Å². The molecule has 2 nitrogen and oxygen atoms in total.